The first-order chi connectivity index (χ1) is 8.59. The van der Waals surface area contributed by atoms with Crippen LogP contribution in [0.4, 0.5) is 0 Å². The van der Waals surface area contributed by atoms with Crippen LogP contribution in [0, 0.1) is 0 Å². The fourth-order valence-electron chi connectivity index (χ4n) is 1.54. The summed E-state index contributed by atoms with van der Waals surface area (Å²) in [4.78, 5) is 21.5. The molecule has 1 aromatic carbocycles. The van der Waals surface area contributed by atoms with Gasteiger partial charge in [-0.25, -0.2) is 0 Å². The molecule has 1 unspecified atom stereocenters. The number of rotatable bonds is 7. The van der Waals surface area contributed by atoms with Crippen molar-refractivity contribution in [1.82, 2.24) is 10.6 Å². The molecule has 5 heteroatoms. The maximum atomic E-state index is 11.2. The first-order valence-corrected chi connectivity index (χ1v) is 5.83. The Bertz CT molecular complexity index is 392. The number of carboxylic acid groups (broad SMARTS) is 1. The van der Waals surface area contributed by atoms with Crippen LogP contribution < -0.4 is 10.6 Å². The summed E-state index contributed by atoms with van der Waals surface area (Å²) in [6.45, 7) is 2.53. The minimum absolute atomic E-state index is 0.129. The molecule has 0 heterocycles. The molecule has 0 bridgehead atoms. The Morgan fingerprint density at radius 1 is 1.22 bits per heavy atom. The third kappa shape index (κ3) is 5.45. The van der Waals surface area contributed by atoms with Gasteiger partial charge in [0, 0.05) is 6.54 Å². The van der Waals surface area contributed by atoms with E-state index < -0.39 is 5.97 Å². The molecule has 1 aromatic rings. The number of carboxylic acids is 1. The molecule has 0 aliphatic carbocycles. The summed E-state index contributed by atoms with van der Waals surface area (Å²) in [5, 5.41) is 13.7. The predicted octanol–water partition coefficient (Wildman–Crippen LogP) is 0.581. The van der Waals surface area contributed by atoms with E-state index >= 15 is 0 Å². The largest absolute Gasteiger partial charge is 0.480 e. The van der Waals surface area contributed by atoms with Gasteiger partial charge in [-0.1, -0.05) is 37.3 Å². The smallest absolute Gasteiger partial charge is 0.322 e. The van der Waals surface area contributed by atoms with Gasteiger partial charge >= 0.3 is 5.97 Å². The number of hydrogen-bond acceptors (Lipinski definition) is 3. The van der Waals surface area contributed by atoms with Gasteiger partial charge in [0.1, 0.15) is 6.54 Å². The molecule has 0 aliphatic heterocycles. The number of nitrogens with one attached hydrogen (secondary N) is 2. The van der Waals surface area contributed by atoms with Crippen LogP contribution in [0.3, 0.4) is 0 Å². The van der Waals surface area contributed by atoms with Gasteiger partial charge in [-0.3, -0.25) is 9.59 Å². The number of amides is 1. The number of aliphatic carboxylic acids is 1. The highest BCUT2D eigenvalue weighted by molar-refractivity contribution is 5.82. The van der Waals surface area contributed by atoms with Crippen LogP contribution in [0.1, 0.15) is 18.4 Å². The van der Waals surface area contributed by atoms with Crippen LogP contribution in [0.5, 0.6) is 0 Å². The molecule has 1 amide bonds. The van der Waals surface area contributed by atoms with E-state index in [9.17, 15) is 9.59 Å². The fraction of sp³-hybridized carbons (Fsp3) is 0.385. The molecule has 1 rings (SSSR count). The van der Waals surface area contributed by atoms with Crippen molar-refractivity contribution in [1.29, 1.82) is 0 Å². The molecule has 0 saturated carbocycles. The number of hydrogen-bond donors (Lipinski definition) is 3. The highest BCUT2D eigenvalue weighted by Gasteiger charge is 2.06. The van der Waals surface area contributed by atoms with Crippen LogP contribution in [0.25, 0.3) is 0 Å². The van der Waals surface area contributed by atoms with Crippen molar-refractivity contribution in [3.8, 4) is 0 Å². The van der Waals surface area contributed by atoms with Gasteiger partial charge in [0.2, 0.25) is 5.91 Å². The van der Waals surface area contributed by atoms with Gasteiger partial charge in [0.25, 0.3) is 0 Å². The van der Waals surface area contributed by atoms with Crippen molar-refractivity contribution in [2.24, 2.45) is 0 Å². The average molecular weight is 250 g/mol. The molecule has 0 fully saturated rings. The van der Waals surface area contributed by atoms with Crippen molar-refractivity contribution in [3.05, 3.63) is 35.9 Å². The Labute approximate surface area is 106 Å². The average Bonchev–Trinajstić information content (AvgIpc) is 2.37. The summed E-state index contributed by atoms with van der Waals surface area (Å²) in [6, 6.07) is 9.99. The topological polar surface area (TPSA) is 78.4 Å². The van der Waals surface area contributed by atoms with Gasteiger partial charge in [0.05, 0.1) is 6.54 Å². The second-order valence-electron chi connectivity index (χ2n) is 4.11. The minimum atomic E-state index is -1.04. The van der Waals surface area contributed by atoms with Crippen molar-refractivity contribution in [2.75, 3.05) is 19.6 Å². The van der Waals surface area contributed by atoms with E-state index in [0.29, 0.717) is 12.5 Å². The zero-order chi connectivity index (χ0) is 13.4. The van der Waals surface area contributed by atoms with E-state index in [0.717, 1.165) is 0 Å². The summed E-state index contributed by atoms with van der Waals surface area (Å²) in [7, 11) is 0. The van der Waals surface area contributed by atoms with E-state index in [1.54, 1.807) is 0 Å². The molecule has 0 saturated heterocycles. The lowest BCUT2D eigenvalue weighted by Gasteiger charge is -2.12. The third-order valence-electron chi connectivity index (χ3n) is 2.54. The maximum Gasteiger partial charge on any atom is 0.322 e. The number of benzene rings is 1. The molecule has 0 radical (unpaired) electrons. The first-order valence-electron chi connectivity index (χ1n) is 5.83. The van der Waals surface area contributed by atoms with Crippen LogP contribution in [-0.2, 0) is 9.59 Å². The first kappa shape index (κ1) is 14.2. The standard InChI is InChI=1S/C13H18N2O3/c1-10(11-5-3-2-4-6-11)7-14-8-12(16)15-9-13(17)18/h2-6,10,14H,7-9H2,1H3,(H,15,16)(H,17,18). The van der Waals surface area contributed by atoms with E-state index in [1.807, 2.05) is 30.3 Å². The second-order valence-corrected chi connectivity index (χ2v) is 4.11. The van der Waals surface area contributed by atoms with Gasteiger partial charge < -0.3 is 15.7 Å². The van der Waals surface area contributed by atoms with Crippen LogP contribution >= 0.6 is 0 Å². The zero-order valence-corrected chi connectivity index (χ0v) is 10.3. The Morgan fingerprint density at radius 2 is 1.89 bits per heavy atom. The predicted molar refractivity (Wildman–Crippen MR) is 68.4 cm³/mol. The molecule has 18 heavy (non-hydrogen) atoms. The molecule has 1 atom stereocenters. The Kier molecular flexibility index (Phi) is 5.87. The number of carbonyl (C=O) groups excluding carboxylic acids is 1. The molecular weight excluding hydrogens is 232 g/mol. The van der Waals surface area contributed by atoms with Gasteiger partial charge in [-0.2, -0.15) is 0 Å². The lowest BCUT2D eigenvalue weighted by Crippen LogP contribution is -2.37. The summed E-state index contributed by atoms with van der Waals surface area (Å²) in [5.74, 6) is -1.04. The molecule has 98 valence electrons. The normalized spacial score (nSPS) is 11.8. The van der Waals surface area contributed by atoms with Crippen LogP contribution in [0.2, 0.25) is 0 Å². The third-order valence-corrected chi connectivity index (χ3v) is 2.54. The van der Waals surface area contributed by atoms with E-state index in [1.165, 1.54) is 5.56 Å². The summed E-state index contributed by atoms with van der Waals surface area (Å²) < 4.78 is 0. The highest BCUT2D eigenvalue weighted by atomic mass is 16.4. The van der Waals surface area contributed by atoms with Gasteiger partial charge in [-0.05, 0) is 11.5 Å². The second kappa shape index (κ2) is 7.45. The lowest BCUT2D eigenvalue weighted by molar-refractivity contribution is -0.137. The Morgan fingerprint density at radius 3 is 2.50 bits per heavy atom. The van der Waals surface area contributed by atoms with Crippen molar-refractivity contribution >= 4 is 11.9 Å². The van der Waals surface area contributed by atoms with Gasteiger partial charge in [0.15, 0.2) is 0 Å². The van der Waals surface area contributed by atoms with Crippen LogP contribution in [0.15, 0.2) is 30.3 Å². The molecule has 0 aliphatic rings. The summed E-state index contributed by atoms with van der Waals surface area (Å²) in [6.07, 6.45) is 0. The van der Waals surface area contributed by atoms with Crippen molar-refractivity contribution in [2.45, 2.75) is 12.8 Å². The van der Waals surface area contributed by atoms with Crippen LogP contribution in [-0.4, -0.2) is 36.6 Å². The quantitative estimate of drug-likeness (QED) is 0.661. The monoisotopic (exact) mass is 250 g/mol. The van der Waals surface area contributed by atoms with E-state index in [4.69, 9.17) is 5.11 Å². The molecule has 5 nitrogen and oxygen atoms in total. The molecule has 0 spiro atoms. The molecule has 3 N–H and O–H groups in total. The lowest BCUT2D eigenvalue weighted by atomic mass is 10.0. The van der Waals surface area contributed by atoms with Crippen molar-refractivity contribution in [3.63, 3.8) is 0 Å². The molecular formula is C13H18N2O3. The molecule has 0 aromatic heterocycles. The Balaban J connectivity index is 2.21. The number of carbonyl (C=O) groups is 2. The SMILES string of the molecule is CC(CNCC(=O)NCC(=O)O)c1ccccc1. The minimum Gasteiger partial charge on any atom is -0.480 e. The summed E-state index contributed by atoms with van der Waals surface area (Å²) in [5.41, 5.74) is 1.20. The summed E-state index contributed by atoms with van der Waals surface area (Å²) >= 11 is 0. The fourth-order valence-corrected chi connectivity index (χ4v) is 1.54. The highest BCUT2D eigenvalue weighted by Crippen LogP contribution is 2.12. The van der Waals surface area contributed by atoms with Gasteiger partial charge in [-0.15, -0.1) is 0 Å². The van der Waals surface area contributed by atoms with E-state index in [2.05, 4.69) is 17.6 Å². The maximum absolute atomic E-state index is 11.2. The van der Waals surface area contributed by atoms with Crippen molar-refractivity contribution < 1.29 is 14.7 Å². The van der Waals surface area contributed by atoms with E-state index in [-0.39, 0.29) is 19.0 Å². The zero-order valence-electron chi connectivity index (χ0n) is 10.3. The Hall–Kier alpha value is -1.88.